The van der Waals surface area contributed by atoms with Crippen molar-refractivity contribution in [2.24, 2.45) is 0 Å². The van der Waals surface area contributed by atoms with Crippen LogP contribution in [0.4, 0.5) is 0 Å². The normalized spacial score (nSPS) is 20.7. The zero-order chi connectivity index (χ0) is 21.8. The zero-order valence-electron chi connectivity index (χ0n) is 17.7. The van der Waals surface area contributed by atoms with Gasteiger partial charge in [-0.1, -0.05) is 42.5 Å². The van der Waals surface area contributed by atoms with E-state index in [4.69, 9.17) is 9.47 Å². The number of rotatable bonds is 6. The topological polar surface area (TPSA) is 79.3 Å². The van der Waals surface area contributed by atoms with E-state index in [0.717, 1.165) is 19.6 Å². The fraction of sp³-hybridized carbons (Fsp3) is 0.417. The lowest BCUT2D eigenvalue weighted by atomic mass is 9.96. The second kappa shape index (κ2) is 9.08. The summed E-state index contributed by atoms with van der Waals surface area (Å²) in [5.41, 5.74) is 0.687. The Morgan fingerprint density at radius 2 is 1.77 bits per heavy atom. The smallest absolute Gasteiger partial charge is 0.328 e. The molecule has 31 heavy (non-hydrogen) atoms. The average Bonchev–Trinajstić information content (AvgIpc) is 3.15. The van der Waals surface area contributed by atoms with E-state index < -0.39 is 17.7 Å². The molecule has 2 aliphatic rings. The first-order chi connectivity index (χ1) is 15.0. The molecule has 0 bridgehead atoms. The fourth-order valence-electron chi connectivity index (χ4n) is 4.51. The molecule has 7 heteroatoms. The Balaban J connectivity index is 1.56. The molecule has 0 radical (unpaired) electrons. The number of ether oxygens (including phenoxy) is 2. The van der Waals surface area contributed by atoms with Crippen molar-refractivity contribution in [2.75, 3.05) is 26.3 Å². The van der Waals surface area contributed by atoms with Crippen LogP contribution in [0.2, 0.25) is 0 Å². The molecule has 1 spiro atoms. The summed E-state index contributed by atoms with van der Waals surface area (Å²) < 4.78 is 11.7. The van der Waals surface area contributed by atoms with E-state index >= 15 is 0 Å². The molecule has 2 fully saturated rings. The summed E-state index contributed by atoms with van der Waals surface area (Å²) in [6, 6.07) is 16.2. The van der Waals surface area contributed by atoms with Crippen molar-refractivity contribution in [2.45, 2.75) is 38.1 Å². The highest BCUT2D eigenvalue weighted by atomic mass is 16.5. The fourth-order valence-corrected chi connectivity index (χ4v) is 4.51. The lowest BCUT2D eigenvalue weighted by Crippen LogP contribution is -2.58. The first kappa shape index (κ1) is 21.3. The van der Waals surface area contributed by atoms with Crippen LogP contribution in [0.25, 0.3) is 0 Å². The van der Waals surface area contributed by atoms with Crippen molar-refractivity contribution >= 4 is 11.9 Å². The summed E-state index contributed by atoms with van der Waals surface area (Å²) in [5, 5.41) is 9.80. The average molecular weight is 424 g/mol. The summed E-state index contributed by atoms with van der Waals surface area (Å²) >= 11 is 0. The number of hydrogen-bond donors (Lipinski definition) is 1. The SMILES string of the molecule is CCOc1ccccc1C(=O)N1C(C(=O)O)COC12CCN(Cc1ccccc1)CC2. The van der Waals surface area contributed by atoms with Crippen molar-refractivity contribution in [1.29, 1.82) is 0 Å². The molecule has 2 heterocycles. The Hall–Kier alpha value is -2.90. The summed E-state index contributed by atoms with van der Waals surface area (Å²) in [7, 11) is 0. The van der Waals surface area contributed by atoms with Gasteiger partial charge < -0.3 is 14.6 Å². The van der Waals surface area contributed by atoms with Crippen LogP contribution in [0.5, 0.6) is 5.75 Å². The van der Waals surface area contributed by atoms with Crippen molar-refractivity contribution in [3.05, 3.63) is 65.7 Å². The maximum atomic E-state index is 13.6. The van der Waals surface area contributed by atoms with E-state index in [1.807, 2.05) is 25.1 Å². The van der Waals surface area contributed by atoms with E-state index in [2.05, 4.69) is 17.0 Å². The van der Waals surface area contributed by atoms with Crippen LogP contribution < -0.4 is 4.74 Å². The van der Waals surface area contributed by atoms with Crippen LogP contribution in [0.1, 0.15) is 35.7 Å². The van der Waals surface area contributed by atoms with Gasteiger partial charge in [0.15, 0.2) is 6.04 Å². The maximum absolute atomic E-state index is 13.6. The Bertz CT molecular complexity index is 925. The number of para-hydroxylation sites is 1. The van der Waals surface area contributed by atoms with Gasteiger partial charge >= 0.3 is 5.97 Å². The summed E-state index contributed by atoms with van der Waals surface area (Å²) in [4.78, 5) is 29.3. The molecule has 2 saturated heterocycles. The van der Waals surface area contributed by atoms with Gasteiger partial charge in [0.1, 0.15) is 11.5 Å². The minimum absolute atomic E-state index is 0.00341. The number of carbonyl (C=O) groups excluding carboxylic acids is 1. The molecule has 1 atom stereocenters. The van der Waals surface area contributed by atoms with Crippen molar-refractivity contribution < 1.29 is 24.2 Å². The molecule has 0 aromatic heterocycles. The van der Waals surface area contributed by atoms with Crippen molar-refractivity contribution in [3.63, 3.8) is 0 Å². The lowest BCUT2D eigenvalue weighted by molar-refractivity contribution is -0.144. The van der Waals surface area contributed by atoms with Gasteiger partial charge in [0.05, 0.1) is 18.8 Å². The molecule has 1 unspecified atom stereocenters. The maximum Gasteiger partial charge on any atom is 0.328 e. The molecule has 2 aliphatic heterocycles. The molecule has 4 rings (SSSR count). The van der Waals surface area contributed by atoms with Gasteiger partial charge in [0.2, 0.25) is 0 Å². The summed E-state index contributed by atoms with van der Waals surface area (Å²) in [6.07, 6.45) is 1.12. The van der Waals surface area contributed by atoms with Gasteiger partial charge in [-0.15, -0.1) is 0 Å². The van der Waals surface area contributed by atoms with Gasteiger partial charge in [0, 0.05) is 32.5 Å². The Morgan fingerprint density at radius 1 is 1.10 bits per heavy atom. The number of aliphatic carboxylic acids is 1. The van der Waals surface area contributed by atoms with E-state index in [1.54, 1.807) is 24.3 Å². The van der Waals surface area contributed by atoms with E-state index in [9.17, 15) is 14.7 Å². The number of carbonyl (C=O) groups is 2. The number of amides is 1. The van der Waals surface area contributed by atoms with Gasteiger partial charge in [-0.05, 0) is 24.6 Å². The number of hydrogen-bond acceptors (Lipinski definition) is 5. The highest BCUT2D eigenvalue weighted by Crippen LogP contribution is 2.39. The third kappa shape index (κ3) is 4.29. The number of carboxylic acid groups (broad SMARTS) is 1. The molecular weight excluding hydrogens is 396 g/mol. The number of piperidine rings is 1. The minimum atomic E-state index is -1.05. The number of likely N-dealkylation sites (tertiary alicyclic amines) is 1. The largest absolute Gasteiger partial charge is 0.493 e. The summed E-state index contributed by atoms with van der Waals surface area (Å²) in [5.74, 6) is -0.945. The first-order valence-electron chi connectivity index (χ1n) is 10.7. The van der Waals surface area contributed by atoms with E-state index in [1.165, 1.54) is 10.5 Å². The van der Waals surface area contributed by atoms with Gasteiger partial charge in [-0.2, -0.15) is 0 Å². The Labute approximate surface area is 182 Å². The Kier molecular flexibility index (Phi) is 6.25. The molecular formula is C24H28N2O5. The number of benzene rings is 2. The van der Waals surface area contributed by atoms with Gasteiger partial charge in [0.25, 0.3) is 5.91 Å². The predicted octanol–water partition coefficient (Wildman–Crippen LogP) is 3.00. The van der Waals surface area contributed by atoms with Crippen molar-refractivity contribution in [1.82, 2.24) is 9.80 Å². The second-order valence-electron chi connectivity index (χ2n) is 7.98. The number of carboxylic acids is 1. The zero-order valence-corrected chi connectivity index (χ0v) is 17.7. The van der Waals surface area contributed by atoms with Crippen LogP contribution in [0.15, 0.2) is 54.6 Å². The molecule has 2 aromatic carbocycles. The van der Waals surface area contributed by atoms with Crippen LogP contribution in [-0.2, 0) is 16.1 Å². The standard InChI is InChI=1S/C24H28N2O5/c1-2-30-21-11-7-6-10-19(21)22(27)26-20(23(28)29)17-31-24(26)12-14-25(15-13-24)16-18-8-4-3-5-9-18/h3-11,20H,2,12-17H2,1H3,(H,28,29). The highest BCUT2D eigenvalue weighted by molar-refractivity contribution is 5.99. The monoisotopic (exact) mass is 424 g/mol. The third-order valence-corrected chi connectivity index (χ3v) is 6.07. The number of nitrogens with zero attached hydrogens (tertiary/aromatic N) is 2. The Morgan fingerprint density at radius 3 is 2.45 bits per heavy atom. The molecule has 2 aromatic rings. The first-order valence-corrected chi connectivity index (χ1v) is 10.7. The van der Waals surface area contributed by atoms with E-state index in [0.29, 0.717) is 30.8 Å². The molecule has 164 valence electrons. The molecule has 7 nitrogen and oxygen atoms in total. The van der Waals surface area contributed by atoms with Gasteiger partial charge in [-0.3, -0.25) is 14.6 Å². The second-order valence-corrected chi connectivity index (χ2v) is 7.98. The molecule has 1 N–H and O–H groups in total. The van der Waals surface area contributed by atoms with E-state index in [-0.39, 0.29) is 12.5 Å². The molecule has 1 amide bonds. The van der Waals surface area contributed by atoms with Crippen molar-refractivity contribution in [3.8, 4) is 5.75 Å². The highest BCUT2D eigenvalue weighted by Gasteiger charge is 2.54. The van der Waals surface area contributed by atoms with Crippen LogP contribution in [-0.4, -0.2) is 64.9 Å². The predicted molar refractivity (Wildman–Crippen MR) is 115 cm³/mol. The third-order valence-electron chi connectivity index (χ3n) is 6.07. The van der Waals surface area contributed by atoms with Crippen LogP contribution in [0, 0.1) is 0 Å². The van der Waals surface area contributed by atoms with Gasteiger partial charge in [-0.25, -0.2) is 4.79 Å². The van der Waals surface area contributed by atoms with Crippen LogP contribution in [0.3, 0.4) is 0 Å². The quantitative estimate of drug-likeness (QED) is 0.768. The summed E-state index contributed by atoms with van der Waals surface area (Å²) in [6.45, 7) is 4.53. The molecule has 0 saturated carbocycles. The minimum Gasteiger partial charge on any atom is -0.493 e. The van der Waals surface area contributed by atoms with Crippen LogP contribution >= 0.6 is 0 Å². The molecule has 0 aliphatic carbocycles. The lowest BCUT2D eigenvalue weighted by Gasteiger charge is -2.44.